The zero-order valence-corrected chi connectivity index (χ0v) is 21.1. The van der Waals surface area contributed by atoms with E-state index < -0.39 is 28.3 Å². The summed E-state index contributed by atoms with van der Waals surface area (Å²) in [6.45, 7) is 3.00. The van der Waals surface area contributed by atoms with Gasteiger partial charge in [0.05, 0.1) is 21.8 Å². The molecule has 184 valence electrons. The van der Waals surface area contributed by atoms with Gasteiger partial charge in [-0.3, -0.25) is 13.9 Å². The smallest absolute Gasteiger partial charge is 0.264 e. The lowest BCUT2D eigenvalue weighted by Crippen LogP contribution is -2.38. The maximum atomic E-state index is 14.0. The minimum absolute atomic E-state index is 0.0000657. The number of hydrogen-bond donors (Lipinski definition) is 2. The minimum Gasteiger partial charge on any atom is -0.350 e. The number of anilines is 2. The van der Waals surface area contributed by atoms with Crippen LogP contribution in [0.15, 0.2) is 82.6 Å². The summed E-state index contributed by atoms with van der Waals surface area (Å²) in [6, 6.07) is 17.5. The maximum Gasteiger partial charge on any atom is 0.264 e. The number of nitrogens with one attached hydrogen (secondary N) is 2. The van der Waals surface area contributed by atoms with E-state index >= 15 is 0 Å². The highest BCUT2D eigenvalue weighted by molar-refractivity contribution is 7.98. The predicted octanol–water partition coefficient (Wildman–Crippen LogP) is 4.52. The van der Waals surface area contributed by atoms with Crippen molar-refractivity contribution in [2.24, 2.45) is 0 Å². The highest BCUT2D eigenvalue weighted by Gasteiger charge is 2.28. The Kier molecular flexibility index (Phi) is 8.52. The van der Waals surface area contributed by atoms with E-state index in [9.17, 15) is 22.4 Å². The Morgan fingerprint density at radius 3 is 2.31 bits per heavy atom. The lowest BCUT2D eigenvalue weighted by molar-refractivity contribution is -0.114. The van der Waals surface area contributed by atoms with Gasteiger partial charge >= 0.3 is 0 Å². The van der Waals surface area contributed by atoms with Crippen molar-refractivity contribution in [1.29, 1.82) is 0 Å². The molecule has 0 saturated carbocycles. The van der Waals surface area contributed by atoms with Crippen LogP contribution in [0.4, 0.5) is 15.8 Å². The molecule has 2 amide bonds. The van der Waals surface area contributed by atoms with Gasteiger partial charge in [-0.2, -0.15) is 0 Å². The SMILES string of the molecule is CSc1ccc(S(=O)(=O)N(CC(=O)Nc2ccccc2C(=O)NC(C)C)c2cccc(F)c2)cc1. The van der Waals surface area contributed by atoms with Crippen LogP contribution in [0.3, 0.4) is 0 Å². The summed E-state index contributed by atoms with van der Waals surface area (Å²) in [6.07, 6.45) is 1.87. The van der Waals surface area contributed by atoms with Crippen molar-refractivity contribution in [3.63, 3.8) is 0 Å². The Labute approximate surface area is 208 Å². The highest BCUT2D eigenvalue weighted by atomic mass is 32.2. The van der Waals surface area contributed by atoms with Crippen LogP contribution >= 0.6 is 11.8 Å². The number of rotatable bonds is 9. The molecule has 0 fully saturated rings. The Bertz CT molecular complexity index is 1310. The first kappa shape index (κ1) is 26.2. The zero-order chi connectivity index (χ0) is 25.6. The summed E-state index contributed by atoms with van der Waals surface area (Å²) < 4.78 is 41.8. The van der Waals surface area contributed by atoms with Crippen LogP contribution in [0.1, 0.15) is 24.2 Å². The summed E-state index contributed by atoms with van der Waals surface area (Å²) in [7, 11) is -4.21. The van der Waals surface area contributed by atoms with Crippen LogP contribution in [-0.2, 0) is 14.8 Å². The Balaban J connectivity index is 1.93. The number of benzene rings is 3. The zero-order valence-electron chi connectivity index (χ0n) is 19.5. The van der Waals surface area contributed by atoms with E-state index in [1.807, 2.05) is 20.1 Å². The summed E-state index contributed by atoms with van der Waals surface area (Å²) in [5.41, 5.74) is 0.471. The van der Waals surface area contributed by atoms with Crippen molar-refractivity contribution in [3.05, 3.63) is 84.2 Å². The maximum absolute atomic E-state index is 14.0. The molecule has 0 bridgehead atoms. The van der Waals surface area contributed by atoms with Crippen molar-refractivity contribution in [3.8, 4) is 0 Å². The Hall–Kier alpha value is -3.37. The molecule has 35 heavy (non-hydrogen) atoms. The largest absolute Gasteiger partial charge is 0.350 e. The fraction of sp³-hybridized carbons (Fsp3) is 0.200. The molecule has 0 radical (unpaired) electrons. The number of nitrogens with zero attached hydrogens (tertiary/aromatic N) is 1. The second-order valence-corrected chi connectivity index (χ2v) is 10.6. The van der Waals surface area contributed by atoms with Gasteiger partial charge in [0.1, 0.15) is 12.4 Å². The van der Waals surface area contributed by atoms with Crippen LogP contribution in [0.2, 0.25) is 0 Å². The summed E-state index contributed by atoms with van der Waals surface area (Å²) in [4.78, 5) is 26.4. The number of carbonyl (C=O) groups excluding carboxylic acids is 2. The number of halogens is 1. The minimum atomic E-state index is -4.21. The molecule has 10 heteroatoms. The topological polar surface area (TPSA) is 95.6 Å². The first-order valence-electron chi connectivity index (χ1n) is 10.7. The molecule has 0 aliphatic heterocycles. The Morgan fingerprint density at radius 2 is 1.69 bits per heavy atom. The first-order chi connectivity index (χ1) is 16.6. The molecule has 0 aliphatic carbocycles. The third kappa shape index (κ3) is 6.61. The molecule has 2 N–H and O–H groups in total. The fourth-order valence-electron chi connectivity index (χ4n) is 3.27. The number of para-hydroxylation sites is 1. The van der Waals surface area contributed by atoms with E-state index in [1.165, 1.54) is 42.1 Å². The monoisotopic (exact) mass is 515 g/mol. The van der Waals surface area contributed by atoms with Crippen molar-refractivity contribution < 1.29 is 22.4 Å². The van der Waals surface area contributed by atoms with Crippen LogP contribution in [0, 0.1) is 5.82 Å². The molecule has 7 nitrogen and oxygen atoms in total. The lowest BCUT2D eigenvalue weighted by atomic mass is 10.1. The van der Waals surface area contributed by atoms with Gasteiger partial charge in [0.2, 0.25) is 5.91 Å². The molecule has 0 atom stereocenters. The molecule has 0 aliphatic rings. The molecule has 0 unspecified atom stereocenters. The van der Waals surface area contributed by atoms with E-state index in [2.05, 4.69) is 10.6 Å². The van der Waals surface area contributed by atoms with Gasteiger partial charge in [-0.05, 0) is 74.7 Å². The average Bonchev–Trinajstić information content (AvgIpc) is 2.82. The first-order valence-corrected chi connectivity index (χ1v) is 13.4. The molecule has 3 rings (SSSR count). The number of amides is 2. The van der Waals surface area contributed by atoms with Crippen molar-refractivity contribution in [2.75, 3.05) is 22.4 Å². The number of hydrogen-bond acceptors (Lipinski definition) is 5. The lowest BCUT2D eigenvalue weighted by Gasteiger charge is -2.24. The van der Waals surface area contributed by atoms with Crippen LogP contribution in [-0.4, -0.2) is 39.1 Å². The second kappa shape index (κ2) is 11.4. The fourth-order valence-corrected chi connectivity index (χ4v) is 5.09. The van der Waals surface area contributed by atoms with Gasteiger partial charge in [0.15, 0.2) is 0 Å². The van der Waals surface area contributed by atoms with Gasteiger partial charge in [0, 0.05) is 10.9 Å². The summed E-state index contributed by atoms with van der Waals surface area (Å²) in [5, 5.41) is 5.38. The molecule has 0 spiro atoms. The molecule has 0 heterocycles. The quantitative estimate of drug-likeness (QED) is 0.409. The van der Waals surface area contributed by atoms with E-state index in [0.717, 1.165) is 15.3 Å². The van der Waals surface area contributed by atoms with Crippen molar-refractivity contribution in [1.82, 2.24) is 5.32 Å². The predicted molar refractivity (Wildman–Crippen MR) is 137 cm³/mol. The summed E-state index contributed by atoms with van der Waals surface area (Å²) in [5.74, 6) is -1.71. The Morgan fingerprint density at radius 1 is 1.00 bits per heavy atom. The van der Waals surface area contributed by atoms with Crippen molar-refractivity contribution >= 4 is 45.0 Å². The average molecular weight is 516 g/mol. The van der Waals surface area contributed by atoms with E-state index in [0.29, 0.717) is 0 Å². The normalized spacial score (nSPS) is 11.2. The van der Waals surface area contributed by atoms with Crippen LogP contribution < -0.4 is 14.9 Å². The number of carbonyl (C=O) groups is 2. The molecular weight excluding hydrogens is 489 g/mol. The van der Waals surface area contributed by atoms with Gasteiger partial charge < -0.3 is 10.6 Å². The highest BCUT2D eigenvalue weighted by Crippen LogP contribution is 2.26. The van der Waals surface area contributed by atoms with Gasteiger partial charge in [0.25, 0.3) is 15.9 Å². The van der Waals surface area contributed by atoms with Gasteiger partial charge in [-0.15, -0.1) is 11.8 Å². The second-order valence-electron chi connectivity index (χ2n) is 7.89. The molecule has 0 saturated heterocycles. The molecule has 3 aromatic carbocycles. The third-order valence-corrected chi connectivity index (χ3v) is 7.43. The molecule has 0 aromatic heterocycles. The van der Waals surface area contributed by atoms with Crippen molar-refractivity contribution in [2.45, 2.75) is 29.7 Å². The van der Waals surface area contributed by atoms with Gasteiger partial charge in [-0.1, -0.05) is 18.2 Å². The molecule has 3 aromatic rings. The standard InChI is InChI=1S/C25H26FN3O4S2/c1-17(2)27-25(31)22-9-4-5-10-23(22)28-24(30)16-29(19-8-6-7-18(26)15-19)35(32,33)21-13-11-20(34-3)12-14-21/h4-15,17H,16H2,1-3H3,(H,27,31)(H,28,30). The number of thioether (sulfide) groups is 1. The van der Waals surface area contributed by atoms with E-state index in [1.54, 1.807) is 36.4 Å². The van der Waals surface area contributed by atoms with Crippen LogP contribution in [0.5, 0.6) is 0 Å². The summed E-state index contributed by atoms with van der Waals surface area (Å²) >= 11 is 1.46. The molecular formula is C25H26FN3O4S2. The van der Waals surface area contributed by atoms with Crippen LogP contribution in [0.25, 0.3) is 0 Å². The number of sulfonamides is 1. The van der Waals surface area contributed by atoms with E-state index in [4.69, 9.17) is 0 Å². The van der Waals surface area contributed by atoms with E-state index in [-0.39, 0.29) is 33.8 Å². The third-order valence-electron chi connectivity index (χ3n) is 4.90. The van der Waals surface area contributed by atoms with Gasteiger partial charge in [-0.25, -0.2) is 12.8 Å².